The number of alkyl halides is 2. The third-order valence-electron chi connectivity index (χ3n) is 11.9. The van der Waals surface area contributed by atoms with Crippen molar-refractivity contribution in [2.45, 2.75) is 56.3 Å². The van der Waals surface area contributed by atoms with Crippen molar-refractivity contribution < 1.29 is 43.0 Å². The fraction of sp³-hybridized carbons (Fsp3) is 0.458. The van der Waals surface area contributed by atoms with Gasteiger partial charge in [0, 0.05) is 58.4 Å². The third-order valence-corrected chi connectivity index (χ3v) is 13.9. The summed E-state index contributed by atoms with van der Waals surface area (Å²) in [4.78, 5) is 53.5. The zero-order valence-electron chi connectivity index (χ0n) is 38.0. The molecule has 5 aromatic rings. The highest BCUT2D eigenvalue weighted by Crippen LogP contribution is 2.44. The summed E-state index contributed by atoms with van der Waals surface area (Å²) in [5.74, 6) is 0.548. The zero-order valence-corrected chi connectivity index (χ0v) is 42.3. The highest BCUT2D eigenvalue weighted by molar-refractivity contribution is 14.1. The molecule has 0 amide bonds. The normalized spacial score (nSPS) is 22.6. The number of aromatic amines is 2. The number of hydrogen-bond acceptors (Lipinski definition) is 13. The highest BCUT2D eigenvalue weighted by atomic mass is 127. The van der Waals surface area contributed by atoms with Crippen LogP contribution >= 0.6 is 45.2 Å². The first-order chi connectivity index (χ1) is 32.4. The number of aromatic nitrogens is 4. The summed E-state index contributed by atoms with van der Waals surface area (Å²) in [6.45, 7) is 4.79. The fourth-order valence-corrected chi connectivity index (χ4v) is 10.5. The van der Waals surface area contributed by atoms with Gasteiger partial charge in [0.05, 0.1) is 59.0 Å². The van der Waals surface area contributed by atoms with E-state index in [9.17, 15) is 24.3 Å². The number of methoxy groups -OCH3 is 3. The standard InChI is InChI=1S/C34H37IN2O7.C14H21IN2O6/c1-23-21-37(33(39)36-31(23)38)32-30(42-19-18-40-2)28(20-35)29(44-32)22-43-34(24-10-6-4-7-11-24,25-12-8-5-9-13-25)26-14-16-27(41-3)17-15-26;1-8-6-17(14(20)16-12(8)19)13-11(22-4-3-21-2)9(5-15)10(7-18)23-13/h4-17,21,28-30,32H,18-20,22H2,1-3H3,(H,36,38,39);6,9-11,13,18H,3-5,7H2,1-2H3,(H,16,19,20)/t28-,29-,30-,32-;9-,10-,11-,13-/m11/s1. The van der Waals surface area contributed by atoms with Crippen LogP contribution in [0.15, 0.2) is 117 Å². The molecule has 0 saturated carbocycles. The van der Waals surface area contributed by atoms with Gasteiger partial charge < -0.3 is 43.0 Å². The van der Waals surface area contributed by atoms with Crippen LogP contribution in [0.5, 0.6) is 5.75 Å². The summed E-state index contributed by atoms with van der Waals surface area (Å²) in [6.07, 6.45) is -0.245. The fourth-order valence-electron chi connectivity index (χ4n) is 8.35. The van der Waals surface area contributed by atoms with Gasteiger partial charge >= 0.3 is 11.4 Å². The average Bonchev–Trinajstić information content (AvgIpc) is 3.89. The molecule has 4 heterocycles. The van der Waals surface area contributed by atoms with Gasteiger partial charge in [0.25, 0.3) is 11.1 Å². The minimum absolute atomic E-state index is 0.0680. The Kier molecular flexibility index (Phi) is 19.5. The molecule has 7 rings (SSSR count). The van der Waals surface area contributed by atoms with E-state index < -0.39 is 65.0 Å². The molecule has 67 heavy (non-hydrogen) atoms. The topological polar surface area (TPSA) is 204 Å². The number of benzene rings is 3. The van der Waals surface area contributed by atoms with E-state index in [1.165, 1.54) is 21.5 Å². The first kappa shape index (κ1) is 52.3. The minimum atomic E-state index is -0.982. The summed E-state index contributed by atoms with van der Waals surface area (Å²) in [6, 6.07) is 28.1. The Labute approximate surface area is 415 Å². The molecule has 8 atom stereocenters. The molecule has 0 unspecified atom stereocenters. The van der Waals surface area contributed by atoms with Gasteiger partial charge in [-0.05, 0) is 42.7 Å². The first-order valence-corrected chi connectivity index (χ1v) is 24.8. The molecule has 3 aromatic carbocycles. The third kappa shape index (κ3) is 12.1. The van der Waals surface area contributed by atoms with Crippen molar-refractivity contribution in [1.29, 1.82) is 0 Å². The minimum Gasteiger partial charge on any atom is -0.497 e. The van der Waals surface area contributed by atoms with Gasteiger partial charge in [0.2, 0.25) is 0 Å². The lowest BCUT2D eigenvalue weighted by Gasteiger charge is -2.37. The molecular weight excluding hydrogens is 1090 g/mol. The lowest BCUT2D eigenvalue weighted by atomic mass is 9.80. The lowest BCUT2D eigenvalue weighted by molar-refractivity contribution is -0.0984. The second kappa shape index (κ2) is 25.0. The van der Waals surface area contributed by atoms with E-state index in [4.69, 9.17) is 37.9 Å². The molecule has 19 heteroatoms. The molecule has 0 aliphatic carbocycles. The number of nitrogens with zero attached hydrogens (tertiary/aromatic N) is 2. The highest BCUT2D eigenvalue weighted by Gasteiger charge is 2.49. The van der Waals surface area contributed by atoms with Crippen LogP contribution in [0.4, 0.5) is 0 Å². The number of aliphatic hydroxyl groups is 1. The van der Waals surface area contributed by atoms with Crippen LogP contribution in [0.1, 0.15) is 40.3 Å². The number of rotatable bonds is 20. The van der Waals surface area contributed by atoms with Crippen LogP contribution in [-0.4, -0.2) is 118 Å². The molecule has 2 aliphatic rings. The van der Waals surface area contributed by atoms with Crippen LogP contribution in [0.3, 0.4) is 0 Å². The Bertz CT molecular complexity index is 2520. The smallest absolute Gasteiger partial charge is 0.330 e. The maximum Gasteiger partial charge on any atom is 0.330 e. The van der Waals surface area contributed by atoms with Crippen LogP contribution in [0, 0.1) is 25.7 Å². The predicted octanol–water partition coefficient (Wildman–Crippen LogP) is 4.66. The zero-order chi connectivity index (χ0) is 48.1. The molecule has 0 bridgehead atoms. The number of ether oxygens (including phenoxy) is 8. The van der Waals surface area contributed by atoms with Gasteiger partial charge in [0.1, 0.15) is 23.6 Å². The van der Waals surface area contributed by atoms with Crippen molar-refractivity contribution in [3.63, 3.8) is 0 Å². The predicted molar refractivity (Wildman–Crippen MR) is 267 cm³/mol. The van der Waals surface area contributed by atoms with Crippen LogP contribution < -0.4 is 27.2 Å². The molecule has 0 spiro atoms. The average molecular weight is 1150 g/mol. The Balaban J connectivity index is 0.000000271. The van der Waals surface area contributed by atoms with Crippen LogP contribution in [0.2, 0.25) is 0 Å². The van der Waals surface area contributed by atoms with E-state index in [1.807, 2.05) is 60.7 Å². The lowest BCUT2D eigenvalue weighted by Crippen LogP contribution is -2.39. The van der Waals surface area contributed by atoms with E-state index >= 15 is 0 Å². The number of aryl methyl sites for hydroxylation is 2. The van der Waals surface area contributed by atoms with Crippen molar-refractivity contribution >= 4 is 45.2 Å². The summed E-state index contributed by atoms with van der Waals surface area (Å²) in [5, 5.41) is 9.54. The number of nitrogens with one attached hydrogen (secondary N) is 2. The van der Waals surface area contributed by atoms with Gasteiger partial charge in [-0.25, -0.2) is 9.59 Å². The van der Waals surface area contributed by atoms with Gasteiger partial charge in [0.15, 0.2) is 12.5 Å². The molecule has 17 nitrogen and oxygen atoms in total. The molecule has 3 N–H and O–H groups in total. The number of aliphatic hydroxyl groups excluding tert-OH is 1. The van der Waals surface area contributed by atoms with Crippen molar-refractivity contribution in [2.75, 3.05) is 69.8 Å². The van der Waals surface area contributed by atoms with E-state index in [0.29, 0.717) is 46.4 Å². The van der Waals surface area contributed by atoms with E-state index in [2.05, 4.69) is 79.4 Å². The molecule has 2 saturated heterocycles. The molecular formula is C48H58I2N4O13. The van der Waals surface area contributed by atoms with Gasteiger partial charge in [-0.3, -0.25) is 28.7 Å². The number of hydrogen-bond donors (Lipinski definition) is 3. The second-order valence-electron chi connectivity index (χ2n) is 16.0. The molecule has 2 fully saturated rings. The molecule has 2 aromatic heterocycles. The van der Waals surface area contributed by atoms with Crippen LogP contribution in [0.25, 0.3) is 0 Å². The monoisotopic (exact) mass is 1150 g/mol. The summed E-state index contributed by atoms with van der Waals surface area (Å²) in [7, 11) is 4.83. The van der Waals surface area contributed by atoms with Crippen molar-refractivity contribution in [3.8, 4) is 5.75 Å². The Morgan fingerprint density at radius 2 is 1.06 bits per heavy atom. The van der Waals surface area contributed by atoms with E-state index in [-0.39, 0.29) is 25.0 Å². The maximum absolute atomic E-state index is 13.0. The first-order valence-electron chi connectivity index (χ1n) is 21.7. The largest absolute Gasteiger partial charge is 0.497 e. The second-order valence-corrected chi connectivity index (χ2v) is 17.8. The summed E-state index contributed by atoms with van der Waals surface area (Å²) in [5.41, 5.74) is 0.697. The maximum atomic E-state index is 13.0. The van der Waals surface area contributed by atoms with Gasteiger partial charge in [-0.2, -0.15) is 0 Å². The van der Waals surface area contributed by atoms with Crippen molar-refractivity contribution in [2.24, 2.45) is 11.8 Å². The van der Waals surface area contributed by atoms with Gasteiger partial charge in [-0.15, -0.1) is 0 Å². The Morgan fingerprint density at radius 1 is 0.627 bits per heavy atom. The molecule has 2 aliphatic heterocycles. The van der Waals surface area contributed by atoms with Gasteiger partial charge in [-0.1, -0.05) is 118 Å². The summed E-state index contributed by atoms with van der Waals surface area (Å²) < 4.78 is 51.6. The number of halogens is 2. The SMILES string of the molecule is COCCO[C@@H]1[C@H](CI)[C@@H](CO)O[C@H]1n1cc(C)c(=O)[nH]c1=O.COCCO[C@@H]1[C@H](CI)[C@@H](COC(c2ccccc2)(c2ccccc2)c2ccc(OC)cc2)O[C@H]1n1cc(C)c(=O)[nH]c1=O. The van der Waals surface area contributed by atoms with Crippen molar-refractivity contribution in [3.05, 3.63) is 167 Å². The van der Waals surface area contributed by atoms with E-state index in [1.54, 1.807) is 35.2 Å². The molecule has 362 valence electrons. The van der Waals surface area contributed by atoms with E-state index in [0.717, 1.165) is 22.4 Å². The molecule has 0 radical (unpaired) electrons. The summed E-state index contributed by atoms with van der Waals surface area (Å²) >= 11 is 4.54. The number of H-pyrrole nitrogens is 2. The Morgan fingerprint density at radius 3 is 1.48 bits per heavy atom. The Hall–Kier alpha value is -4.04. The van der Waals surface area contributed by atoms with Crippen LogP contribution in [-0.2, 0) is 38.8 Å². The van der Waals surface area contributed by atoms with Crippen molar-refractivity contribution in [1.82, 2.24) is 19.1 Å². The quantitative estimate of drug-likeness (QED) is 0.0421.